The molecular formula is C20H31N5. The first kappa shape index (κ1) is 19.2. The molecule has 0 aliphatic rings. The van der Waals surface area contributed by atoms with Crippen molar-refractivity contribution in [2.75, 3.05) is 23.3 Å². The number of nitrogens with one attached hydrogen (secondary N) is 1. The third-order valence-corrected chi connectivity index (χ3v) is 4.35. The number of hydrogen-bond donors (Lipinski definition) is 1. The maximum absolute atomic E-state index is 4.70. The van der Waals surface area contributed by atoms with Crippen LogP contribution in [0.3, 0.4) is 0 Å². The van der Waals surface area contributed by atoms with Crippen LogP contribution < -0.4 is 10.2 Å². The lowest BCUT2D eigenvalue weighted by Crippen LogP contribution is -2.27. The largest absolute Gasteiger partial charge is 0.341 e. The maximum Gasteiger partial charge on any atom is 0.232 e. The monoisotopic (exact) mass is 341 g/mol. The fraction of sp³-hybridized carbons (Fsp3) is 0.550. The quantitative estimate of drug-likeness (QED) is 0.752. The molecular weight excluding hydrogens is 310 g/mol. The van der Waals surface area contributed by atoms with E-state index in [4.69, 9.17) is 4.98 Å². The zero-order valence-corrected chi connectivity index (χ0v) is 16.5. The second-order valence-electron chi connectivity index (χ2n) is 6.56. The van der Waals surface area contributed by atoms with E-state index in [1.807, 2.05) is 0 Å². The molecule has 2 aromatic rings. The first-order valence-electron chi connectivity index (χ1n) is 9.33. The van der Waals surface area contributed by atoms with E-state index in [0.29, 0.717) is 5.95 Å². The van der Waals surface area contributed by atoms with Gasteiger partial charge in [0, 0.05) is 25.2 Å². The van der Waals surface area contributed by atoms with Gasteiger partial charge in [0.25, 0.3) is 0 Å². The highest BCUT2D eigenvalue weighted by molar-refractivity contribution is 5.64. The predicted octanol–water partition coefficient (Wildman–Crippen LogP) is 4.73. The summed E-state index contributed by atoms with van der Waals surface area (Å²) < 4.78 is 0. The Morgan fingerprint density at radius 3 is 2.20 bits per heavy atom. The van der Waals surface area contributed by atoms with Crippen LogP contribution in [-0.4, -0.2) is 28.0 Å². The molecule has 0 amide bonds. The van der Waals surface area contributed by atoms with Gasteiger partial charge in [0.15, 0.2) is 0 Å². The molecule has 0 saturated heterocycles. The average Bonchev–Trinajstić information content (AvgIpc) is 2.58. The molecule has 0 radical (unpaired) electrons. The molecule has 5 nitrogen and oxygen atoms in total. The van der Waals surface area contributed by atoms with Gasteiger partial charge in [0.2, 0.25) is 11.9 Å². The minimum absolute atomic E-state index is 0.631. The Hall–Kier alpha value is -2.17. The van der Waals surface area contributed by atoms with Gasteiger partial charge >= 0.3 is 0 Å². The maximum atomic E-state index is 4.70. The molecule has 1 aromatic carbocycles. The Bertz CT molecular complexity index is 688. The van der Waals surface area contributed by atoms with Crippen LogP contribution in [-0.2, 0) is 6.42 Å². The Morgan fingerprint density at radius 2 is 1.64 bits per heavy atom. The van der Waals surface area contributed by atoms with E-state index >= 15 is 0 Å². The lowest BCUT2D eigenvalue weighted by atomic mass is 10.1. The van der Waals surface area contributed by atoms with Crippen molar-refractivity contribution < 1.29 is 0 Å². The molecule has 0 atom stereocenters. The van der Waals surface area contributed by atoms with Crippen molar-refractivity contribution in [1.82, 2.24) is 15.0 Å². The fourth-order valence-corrected chi connectivity index (χ4v) is 3.00. The van der Waals surface area contributed by atoms with E-state index in [9.17, 15) is 0 Å². The van der Waals surface area contributed by atoms with Gasteiger partial charge in [0.1, 0.15) is 5.82 Å². The number of aryl methyl sites for hydroxylation is 4. The van der Waals surface area contributed by atoms with Crippen LogP contribution in [0.15, 0.2) is 12.1 Å². The number of rotatable bonds is 8. The fourth-order valence-electron chi connectivity index (χ4n) is 3.00. The van der Waals surface area contributed by atoms with Crippen LogP contribution in [0.4, 0.5) is 17.6 Å². The summed E-state index contributed by atoms with van der Waals surface area (Å²) in [5, 5.41) is 3.43. The summed E-state index contributed by atoms with van der Waals surface area (Å²) in [6.07, 6.45) is 3.09. The topological polar surface area (TPSA) is 53.9 Å². The molecule has 0 bridgehead atoms. The number of benzene rings is 1. The van der Waals surface area contributed by atoms with Gasteiger partial charge < -0.3 is 10.2 Å². The highest BCUT2D eigenvalue weighted by Gasteiger charge is 2.13. The Kier molecular flexibility index (Phi) is 6.73. The Labute approximate surface area is 151 Å². The zero-order valence-electron chi connectivity index (χ0n) is 16.5. The summed E-state index contributed by atoms with van der Waals surface area (Å²) in [4.78, 5) is 16.2. The smallest absolute Gasteiger partial charge is 0.232 e. The first-order valence-corrected chi connectivity index (χ1v) is 9.33. The van der Waals surface area contributed by atoms with Crippen LogP contribution in [0, 0.1) is 20.8 Å². The summed E-state index contributed by atoms with van der Waals surface area (Å²) in [6, 6.07) is 4.36. The molecule has 25 heavy (non-hydrogen) atoms. The third kappa shape index (κ3) is 4.91. The van der Waals surface area contributed by atoms with Crippen LogP contribution in [0.5, 0.6) is 0 Å². The molecule has 0 spiro atoms. The number of nitrogens with zero attached hydrogens (tertiary/aromatic N) is 4. The molecule has 5 heteroatoms. The molecule has 136 valence electrons. The van der Waals surface area contributed by atoms with Crippen molar-refractivity contribution in [2.45, 2.75) is 60.8 Å². The molecule has 1 aromatic heterocycles. The molecule has 0 fully saturated rings. The van der Waals surface area contributed by atoms with E-state index in [-0.39, 0.29) is 0 Å². The minimum atomic E-state index is 0.631. The standard InChI is InChI=1S/C20H31N5/c1-7-10-11-25(9-3)20-22-17(8-2)21-19(24-20)23-18-15(5)12-14(4)13-16(18)6/h12-13H,7-11H2,1-6H3,(H,21,22,23,24). The van der Waals surface area contributed by atoms with E-state index in [1.54, 1.807) is 0 Å². The molecule has 1 heterocycles. The molecule has 0 unspecified atom stereocenters. The zero-order chi connectivity index (χ0) is 18.4. The van der Waals surface area contributed by atoms with Crippen LogP contribution in [0.25, 0.3) is 0 Å². The van der Waals surface area contributed by atoms with Gasteiger partial charge in [-0.3, -0.25) is 0 Å². The van der Waals surface area contributed by atoms with E-state index in [0.717, 1.165) is 49.8 Å². The third-order valence-electron chi connectivity index (χ3n) is 4.35. The summed E-state index contributed by atoms with van der Waals surface area (Å²) in [7, 11) is 0. The molecule has 2 rings (SSSR count). The van der Waals surface area contributed by atoms with Crippen molar-refractivity contribution in [3.8, 4) is 0 Å². The molecule has 0 aliphatic heterocycles. The van der Waals surface area contributed by atoms with Crippen LogP contribution in [0.2, 0.25) is 0 Å². The van der Waals surface area contributed by atoms with E-state index < -0.39 is 0 Å². The van der Waals surface area contributed by atoms with Gasteiger partial charge in [-0.2, -0.15) is 15.0 Å². The van der Waals surface area contributed by atoms with Crippen molar-refractivity contribution in [3.05, 3.63) is 34.6 Å². The average molecular weight is 342 g/mol. The van der Waals surface area contributed by atoms with Crippen molar-refractivity contribution in [3.63, 3.8) is 0 Å². The number of aromatic nitrogens is 3. The summed E-state index contributed by atoms with van der Waals surface area (Å²) in [6.45, 7) is 14.6. The molecule has 0 aliphatic carbocycles. The highest BCUT2D eigenvalue weighted by Crippen LogP contribution is 2.25. The van der Waals surface area contributed by atoms with Crippen molar-refractivity contribution >= 4 is 17.6 Å². The van der Waals surface area contributed by atoms with Crippen molar-refractivity contribution in [1.29, 1.82) is 0 Å². The van der Waals surface area contributed by atoms with Crippen LogP contribution in [0.1, 0.15) is 56.1 Å². The summed E-state index contributed by atoms with van der Waals surface area (Å²) >= 11 is 0. The second-order valence-corrected chi connectivity index (χ2v) is 6.56. The van der Waals surface area contributed by atoms with Crippen LogP contribution >= 0.6 is 0 Å². The molecule has 1 N–H and O–H groups in total. The summed E-state index contributed by atoms with van der Waals surface area (Å²) in [5.74, 6) is 2.23. The SMILES string of the molecule is CCCCN(CC)c1nc(CC)nc(Nc2c(C)cc(C)cc2C)n1. The highest BCUT2D eigenvalue weighted by atomic mass is 15.3. The predicted molar refractivity (Wildman–Crippen MR) is 106 cm³/mol. The Morgan fingerprint density at radius 1 is 0.960 bits per heavy atom. The molecule has 0 saturated carbocycles. The van der Waals surface area contributed by atoms with E-state index in [2.05, 4.69) is 73.9 Å². The lowest BCUT2D eigenvalue weighted by molar-refractivity contribution is 0.706. The van der Waals surface area contributed by atoms with Gasteiger partial charge in [-0.1, -0.05) is 38.0 Å². The Balaban J connectivity index is 2.36. The van der Waals surface area contributed by atoms with Gasteiger partial charge in [-0.25, -0.2) is 0 Å². The van der Waals surface area contributed by atoms with Gasteiger partial charge in [-0.15, -0.1) is 0 Å². The number of hydrogen-bond acceptors (Lipinski definition) is 5. The lowest BCUT2D eigenvalue weighted by Gasteiger charge is -2.21. The second kappa shape index (κ2) is 8.79. The summed E-state index contributed by atoms with van der Waals surface area (Å²) in [5.41, 5.74) is 4.76. The van der Waals surface area contributed by atoms with Gasteiger partial charge in [0.05, 0.1) is 0 Å². The number of unbranched alkanes of at least 4 members (excludes halogenated alkanes) is 1. The number of anilines is 3. The minimum Gasteiger partial charge on any atom is -0.341 e. The van der Waals surface area contributed by atoms with Crippen molar-refractivity contribution in [2.24, 2.45) is 0 Å². The first-order chi connectivity index (χ1) is 12.0. The normalized spacial score (nSPS) is 10.8. The van der Waals surface area contributed by atoms with E-state index in [1.165, 1.54) is 16.7 Å². The van der Waals surface area contributed by atoms with Gasteiger partial charge in [-0.05, 0) is 45.2 Å².